The molecular weight excluding hydrogens is 506 g/mol. The van der Waals surface area contributed by atoms with Gasteiger partial charge in [0.2, 0.25) is 0 Å². The maximum atomic E-state index is 13.4. The van der Waals surface area contributed by atoms with Gasteiger partial charge in [-0.3, -0.25) is 9.10 Å². The van der Waals surface area contributed by atoms with Crippen LogP contribution in [0.5, 0.6) is 5.75 Å². The van der Waals surface area contributed by atoms with E-state index in [1.807, 2.05) is 38.1 Å². The third-order valence-electron chi connectivity index (χ3n) is 4.60. The number of benzene rings is 3. The number of carbonyl (C=O) groups excluding carboxylic acids is 1. The predicted molar refractivity (Wildman–Crippen MR) is 133 cm³/mol. The minimum absolute atomic E-state index is 0.0909. The van der Waals surface area contributed by atoms with Gasteiger partial charge < -0.3 is 4.74 Å². The molecule has 1 amide bonds. The number of anilines is 1. The zero-order valence-corrected chi connectivity index (χ0v) is 20.6. The van der Waals surface area contributed by atoms with E-state index in [2.05, 4.69) is 26.5 Å². The summed E-state index contributed by atoms with van der Waals surface area (Å²) in [6.07, 6.45) is 1.49. The molecule has 0 saturated heterocycles. The van der Waals surface area contributed by atoms with Crippen molar-refractivity contribution < 1.29 is 17.9 Å². The molecule has 0 aliphatic rings. The van der Waals surface area contributed by atoms with E-state index in [4.69, 9.17) is 4.74 Å². The average Bonchev–Trinajstić information content (AvgIpc) is 2.80. The molecule has 0 heterocycles. The van der Waals surface area contributed by atoms with Crippen LogP contribution in [0.2, 0.25) is 0 Å². The molecule has 0 aliphatic heterocycles. The number of amides is 1. The summed E-state index contributed by atoms with van der Waals surface area (Å²) in [5.74, 6) is 0.0328. The van der Waals surface area contributed by atoms with E-state index >= 15 is 0 Å². The number of hydrazone groups is 1. The van der Waals surface area contributed by atoms with Crippen molar-refractivity contribution in [3.05, 3.63) is 88.4 Å². The number of sulfonamides is 1. The van der Waals surface area contributed by atoms with Crippen LogP contribution in [0.15, 0.2) is 87.3 Å². The molecule has 0 saturated carbocycles. The van der Waals surface area contributed by atoms with Gasteiger partial charge in [0.05, 0.1) is 23.4 Å². The summed E-state index contributed by atoms with van der Waals surface area (Å²) in [6.45, 7) is 3.78. The number of nitrogens with one attached hydrogen (secondary N) is 1. The molecule has 33 heavy (non-hydrogen) atoms. The Labute approximate surface area is 202 Å². The van der Waals surface area contributed by atoms with Crippen molar-refractivity contribution in [1.82, 2.24) is 5.43 Å². The van der Waals surface area contributed by atoms with Gasteiger partial charge in [-0.05, 0) is 67.9 Å². The van der Waals surface area contributed by atoms with Gasteiger partial charge in [-0.15, -0.1) is 0 Å². The zero-order chi connectivity index (χ0) is 23.8. The molecule has 0 fully saturated rings. The first-order chi connectivity index (χ1) is 15.8. The number of rotatable bonds is 9. The fourth-order valence-corrected chi connectivity index (χ4v) is 4.61. The maximum Gasteiger partial charge on any atom is 0.264 e. The number of carbonyl (C=O) groups is 1. The largest absolute Gasteiger partial charge is 0.494 e. The second-order valence-corrected chi connectivity index (χ2v) is 9.87. The van der Waals surface area contributed by atoms with Crippen LogP contribution in [0, 0.1) is 6.92 Å². The Bertz CT molecular complexity index is 1210. The fraction of sp³-hybridized carbons (Fsp3) is 0.167. The molecule has 9 heteroatoms. The lowest BCUT2D eigenvalue weighted by Gasteiger charge is -2.24. The lowest BCUT2D eigenvalue weighted by molar-refractivity contribution is -0.119. The third kappa shape index (κ3) is 6.66. The smallest absolute Gasteiger partial charge is 0.264 e. The first-order valence-electron chi connectivity index (χ1n) is 10.2. The first kappa shape index (κ1) is 24.5. The van der Waals surface area contributed by atoms with E-state index in [0.717, 1.165) is 19.9 Å². The summed E-state index contributed by atoms with van der Waals surface area (Å²) < 4.78 is 34.2. The number of nitrogens with zero attached hydrogens (tertiary/aromatic N) is 2. The highest BCUT2D eigenvalue weighted by Gasteiger charge is 2.27. The molecule has 0 radical (unpaired) electrons. The van der Waals surface area contributed by atoms with Crippen LogP contribution < -0.4 is 14.5 Å². The second kappa shape index (κ2) is 11.1. The van der Waals surface area contributed by atoms with Crippen molar-refractivity contribution in [3.8, 4) is 5.75 Å². The molecule has 3 rings (SSSR count). The van der Waals surface area contributed by atoms with Gasteiger partial charge in [0.1, 0.15) is 12.3 Å². The Hall–Kier alpha value is -3.17. The highest BCUT2D eigenvalue weighted by molar-refractivity contribution is 9.10. The SMILES string of the molecule is CCOc1ccc(N(CC(=O)N/N=C/c2ccc(Br)cc2)S(=O)(=O)c2ccc(C)cc2)cc1. The Kier molecular flexibility index (Phi) is 8.24. The third-order valence-corrected chi connectivity index (χ3v) is 6.92. The quantitative estimate of drug-likeness (QED) is 0.326. The summed E-state index contributed by atoms with van der Waals surface area (Å²) in [6, 6.07) is 20.4. The molecule has 0 atom stereocenters. The zero-order valence-electron chi connectivity index (χ0n) is 18.2. The van der Waals surface area contributed by atoms with E-state index in [0.29, 0.717) is 18.0 Å². The van der Waals surface area contributed by atoms with E-state index in [1.165, 1.54) is 18.3 Å². The van der Waals surface area contributed by atoms with Gasteiger partial charge >= 0.3 is 0 Å². The van der Waals surface area contributed by atoms with Crippen molar-refractivity contribution in [2.45, 2.75) is 18.7 Å². The highest BCUT2D eigenvalue weighted by Crippen LogP contribution is 2.26. The molecule has 0 bridgehead atoms. The number of hydrogen-bond donors (Lipinski definition) is 1. The number of aryl methyl sites for hydroxylation is 1. The number of halogens is 1. The van der Waals surface area contributed by atoms with Crippen LogP contribution in [0.3, 0.4) is 0 Å². The van der Waals surface area contributed by atoms with Crippen LogP contribution in [-0.2, 0) is 14.8 Å². The first-order valence-corrected chi connectivity index (χ1v) is 12.4. The van der Waals surface area contributed by atoms with Crippen molar-refractivity contribution in [2.75, 3.05) is 17.5 Å². The average molecular weight is 530 g/mol. The van der Waals surface area contributed by atoms with Crippen molar-refractivity contribution in [3.63, 3.8) is 0 Å². The highest BCUT2D eigenvalue weighted by atomic mass is 79.9. The Morgan fingerprint density at radius 1 is 1.03 bits per heavy atom. The summed E-state index contributed by atoms with van der Waals surface area (Å²) in [7, 11) is -4.00. The molecule has 0 spiro atoms. The predicted octanol–water partition coefficient (Wildman–Crippen LogP) is 4.50. The Balaban J connectivity index is 1.83. The molecule has 1 N–H and O–H groups in total. The molecule has 0 unspecified atom stereocenters. The second-order valence-electron chi connectivity index (χ2n) is 7.10. The van der Waals surface area contributed by atoms with E-state index < -0.39 is 22.5 Å². The lowest BCUT2D eigenvalue weighted by Crippen LogP contribution is -2.39. The Morgan fingerprint density at radius 3 is 2.27 bits per heavy atom. The van der Waals surface area contributed by atoms with Crippen LogP contribution in [-0.4, -0.2) is 33.7 Å². The maximum absolute atomic E-state index is 13.4. The molecule has 0 aliphatic carbocycles. The lowest BCUT2D eigenvalue weighted by atomic mass is 10.2. The summed E-state index contributed by atoms with van der Waals surface area (Å²) >= 11 is 3.36. The molecule has 3 aromatic carbocycles. The van der Waals surface area contributed by atoms with Gasteiger partial charge in [0.15, 0.2) is 0 Å². The van der Waals surface area contributed by atoms with Crippen LogP contribution in [0.25, 0.3) is 0 Å². The van der Waals surface area contributed by atoms with Gasteiger partial charge in [-0.25, -0.2) is 13.8 Å². The van der Waals surface area contributed by atoms with Gasteiger partial charge in [0.25, 0.3) is 15.9 Å². The topological polar surface area (TPSA) is 88.1 Å². The molecule has 3 aromatic rings. The minimum atomic E-state index is -4.00. The molecular formula is C24H24BrN3O4S. The monoisotopic (exact) mass is 529 g/mol. The summed E-state index contributed by atoms with van der Waals surface area (Å²) in [5, 5.41) is 3.94. The molecule has 0 aromatic heterocycles. The van der Waals surface area contributed by atoms with E-state index in [1.54, 1.807) is 36.4 Å². The standard InChI is InChI=1S/C24H24BrN3O4S/c1-3-32-22-12-10-21(11-13-22)28(33(30,31)23-14-4-18(2)5-15-23)17-24(29)27-26-16-19-6-8-20(25)9-7-19/h4-16H,3,17H2,1-2H3,(H,27,29)/b26-16+. The summed E-state index contributed by atoms with van der Waals surface area (Å²) in [4.78, 5) is 12.7. The van der Waals surface area contributed by atoms with E-state index in [-0.39, 0.29) is 4.90 Å². The van der Waals surface area contributed by atoms with E-state index in [9.17, 15) is 13.2 Å². The van der Waals surface area contributed by atoms with Crippen molar-refractivity contribution in [1.29, 1.82) is 0 Å². The normalized spacial score (nSPS) is 11.4. The number of hydrogen-bond acceptors (Lipinski definition) is 5. The molecule has 172 valence electrons. The Morgan fingerprint density at radius 2 is 1.67 bits per heavy atom. The van der Waals surface area contributed by atoms with Crippen LogP contribution >= 0.6 is 15.9 Å². The number of ether oxygens (including phenoxy) is 1. The minimum Gasteiger partial charge on any atom is -0.494 e. The van der Waals surface area contributed by atoms with Crippen LogP contribution in [0.1, 0.15) is 18.1 Å². The molecule has 7 nitrogen and oxygen atoms in total. The van der Waals surface area contributed by atoms with Gasteiger partial charge in [-0.1, -0.05) is 45.8 Å². The van der Waals surface area contributed by atoms with Crippen molar-refractivity contribution in [2.24, 2.45) is 5.10 Å². The van der Waals surface area contributed by atoms with Crippen molar-refractivity contribution >= 4 is 43.8 Å². The van der Waals surface area contributed by atoms with Crippen LogP contribution in [0.4, 0.5) is 5.69 Å². The fourth-order valence-electron chi connectivity index (χ4n) is 2.92. The van der Waals surface area contributed by atoms with Gasteiger partial charge in [-0.2, -0.15) is 5.10 Å². The van der Waals surface area contributed by atoms with Gasteiger partial charge in [0, 0.05) is 4.47 Å². The summed E-state index contributed by atoms with van der Waals surface area (Å²) in [5.41, 5.74) is 4.46.